The molecule has 0 spiro atoms. The van der Waals surface area contributed by atoms with Gasteiger partial charge in [0, 0.05) is 8.04 Å². The van der Waals surface area contributed by atoms with E-state index in [1.165, 1.54) is 25.8 Å². The summed E-state index contributed by atoms with van der Waals surface area (Å²) in [6, 6.07) is 13.0. The second kappa shape index (κ2) is 6.06. The fraction of sp³-hybridized carbons (Fsp3) is 0.200. The van der Waals surface area contributed by atoms with E-state index >= 15 is 0 Å². The van der Waals surface area contributed by atoms with Crippen LogP contribution in [0.25, 0.3) is 0 Å². The quantitative estimate of drug-likeness (QED) is 0.358. The standard InChI is InChI=1S/C15H13Br2I/c1-9-3-5-12(10(2)7-9)15(17)13-8-11(16)4-6-14(13)18/h3-8,15H,1-2H3. The van der Waals surface area contributed by atoms with Crippen LogP contribution in [0, 0.1) is 17.4 Å². The minimum atomic E-state index is 0.238. The molecule has 2 rings (SSSR count). The van der Waals surface area contributed by atoms with Crippen LogP contribution in [0.3, 0.4) is 0 Å². The maximum absolute atomic E-state index is 3.83. The third-order valence-corrected chi connectivity index (χ3v) is 5.39. The van der Waals surface area contributed by atoms with E-state index in [1.807, 2.05) is 0 Å². The van der Waals surface area contributed by atoms with Crippen LogP contribution in [0.15, 0.2) is 40.9 Å². The van der Waals surface area contributed by atoms with Gasteiger partial charge in [-0.2, -0.15) is 0 Å². The molecule has 3 heteroatoms. The Morgan fingerprint density at radius 1 is 1.00 bits per heavy atom. The first-order chi connectivity index (χ1) is 8.49. The summed E-state index contributed by atoms with van der Waals surface area (Å²) in [5, 5.41) is 0. The summed E-state index contributed by atoms with van der Waals surface area (Å²) in [5.74, 6) is 0. The summed E-state index contributed by atoms with van der Waals surface area (Å²) in [5.41, 5.74) is 5.26. The van der Waals surface area contributed by atoms with Gasteiger partial charge in [-0.3, -0.25) is 0 Å². The molecule has 2 aromatic carbocycles. The van der Waals surface area contributed by atoms with Gasteiger partial charge in [-0.25, -0.2) is 0 Å². The average Bonchev–Trinajstić information content (AvgIpc) is 2.31. The van der Waals surface area contributed by atoms with Crippen molar-refractivity contribution < 1.29 is 0 Å². The Morgan fingerprint density at radius 2 is 1.72 bits per heavy atom. The van der Waals surface area contributed by atoms with Gasteiger partial charge in [-0.15, -0.1) is 0 Å². The minimum absolute atomic E-state index is 0.238. The van der Waals surface area contributed by atoms with Crippen LogP contribution in [0.5, 0.6) is 0 Å². The summed E-state index contributed by atoms with van der Waals surface area (Å²) < 4.78 is 2.39. The Bertz CT molecular complexity index is 579. The molecule has 0 heterocycles. The Hall–Kier alpha value is 0.130. The molecule has 1 atom stereocenters. The molecule has 94 valence electrons. The Morgan fingerprint density at radius 3 is 2.39 bits per heavy atom. The minimum Gasteiger partial charge on any atom is -0.0786 e. The highest BCUT2D eigenvalue weighted by molar-refractivity contribution is 14.1. The van der Waals surface area contributed by atoms with Crippen LogP contribution in [0.2, 0.25) is 0 Å². The van der Waals surface area contributed by atoms with Crippen LogP contribution in [0.4, 0.5) is 0 Å². The van der Waals surface area contributed by atoms with Gasteiger partial charge < -0.3 is 0 Å². The van der Waals surface area contributed by atoms with E-state index in [1.54, 1.807) is 0 Å². The van der Waals surface area contributed by atoms with Crippen molar-refractivity contribution in [1.82, 2.24) is 0 Å². The van der Waals surface area contributed by atoms with E-state index < -0.39 is 0 Å². The normalized spacial score (nSPS) is 12.5. The van der Waals surface area contributed by atoms with Crippen molar-refractivity contribution in [2.24, 2.45) is 0 Å². The van der Waals surface area contributed by atoms with Crippen molar-refractivity contribution in [3.05, 3.63) is 66.7 Å². The Balaban J connectivity index is 2.47. The molecular weight excluding hydrogens is 467 g/mol. The molecule has 0 aromatic heterocycles. The molecule has 0 bridgehead atoms. The molecule has 0 amide bonds. The van der Waals surface area contributed by atoms with E-state index in [2.05, 4.69) is 105 Å². The monoisotopic (exact) mass is 478 g/mol. The highest BCUT2D eigenvalue weighted by atomic mass is 127. The van der Waals surface area contributed by atoms with E-state index in [0.29, 0.717) is 0 Å². The van der Waals surface area contributed by atoms with E-state index in [-0.39, 0.29) is 4.83 Å². The first kappa shape index (κ1) is 14.5. The number of halogens is 3. The van der Waals surface area contributed by atoms with Crippen LogP contribution < -0.4 is 0 Å². The molecular formula is C15H13Br2I. The van der Waals surface area contributed by atoms with Crippen molar-refractivity contribution in [3.63, 3.8) is 0 Å². The fourth-order valence-corrected chi connectivity index (χ4v) is 4.33. The lowest BCUT2D eigenvalue weighted by Crippen LogP contribution is -1.98. The number of aryl methyl sites for hydroxylation is 2. The second-order valence-electron chi connectivity index (χ2n) is 4.39. The van der Waals surface area contributed by atoms with Crippen molar-refractivity contribution in [1.29, 1.82) is 0 Å². The number of benzene rings is 2. The molecule has 0 nitrogen and oxygen atoms in total. The largest absolute Gasteiger partial charge is 0.0786 e. The summed E-state index contributed by atoms with van der Waals surface area (Å²) in [7, 11) is 0. The number of hydrogen-bond acceptors (Lipinski definition) is 0. The maximum atomic E-state index is 3.83. The molecule has 0 aliphatic heterocycles. The highest BCUT2D eigenvalue weighted by Gasteiger charge is 2.15. The predicted molar refractivity (Wildman–Crippen MR) is 93.5 cm³/mol. The summed E-state index contributed by atoms with van der Waals surface area (Å²) in [6.45, 7) is 4.30. The lowest BCUT2D eigenvalue weighted by molar-refractivity contribution is 1.12. The topological polar surface area (TPSA) is 0 Å². The number of alkyl halides is 1. The fourth-order valence-electron chi connectivity index (χ4n) is 1.99. The molecule has 18 heavy (non-hydrogen) atoms. The van der Waals surface area contributed by atoms with Crippen LogP contribution in [-0.4, -0.2) is 0 Å². The van der Waals surface area contributed by atoms with Crippen molar-refractivity contribution in [2.45, 2.75) is 18.7 Å². The smallest absolute Gasteiger partial charge is 0.0657 e. The molecule has 0 aliphatic carbocycles. The summed E-state index contributed by atoms with van der Waals surface area (Å²) in [4.78, 5) is 0.238. The van der Waals surface area contributed by atoms with Gasteiger partial charge in [-0.05, 0) is 71.3 Å². The van der Waals surface area contributed by atoms with Gasteiger partial charge in [0.15, 0.2) is 0 Å². The molecule has 1 unspecified atom stereocenters. The third kappa shape index (κ3) is 3.17. The molecule has 0 saturated carbocycles. The van der Waals surface area contributed by atoms with E-state index in [9.17, 15) is 0 Å². The zero-order valence-electron chi connectivity index (χ0n) is 10.2. The van der Waals surface area contributed by atoms with Crippen molar-refractivity contribution in [3.8, 4) is 0 Å². The summed E-state index contributed by atoms with van der Waals surface area (Å²) in [6.07, 6.45) is 0. The van der Waals surface area contributed by atoms with E-state index in [4.69, 9.17) is 0 Å². The average molecular weight is 480 g/mol. The Kier molecular flexibility index (Phi) is 4.89. The first-order valence-corrected chi connectivity index (χ1v) is 8.44. The molecule has 0 saturated heterocycles. The molecule has 2 aromatic rings. The van der Waals surface area contributed by atoms with Gasteiger partial charge in [0.2, 0.25) is 0 Å². The van der Waals surface area contributed by atoms with Crippen LogP contribution in [0.1, 0.15) is 27.1 Å². The maximum Gasteiger partial charge on any atom is 0.0657 e. The molecule has 0 radical (unpaired) electrons. The third-order valence-electron chi connectivity index (χ3n) is 2.93. The Labute approximate surface area is 139 Å². The van der Waals surface area contributed by atoms with Crippen molar-refractivity contribution in [2.75, 3.05) is 0 Å². The summed E-state index contributed by atoms with van der Waals surface area (Å²) >= 11 is 9.76. The van der Waals surface area contributed by atoms with Gasteiger partial charge in [-0.1, -0.05) is 55.6 Å². The molecule has 0 N–H and O–H groups in total. The second-order valence-corrected chi connectivity index (χ2v) is 7.38. The molecule has 0 fully saturated rings. The van der Waals surface area contributed by atoms with E-state index in [0.717, 1.165) is 4.47 Å². The first-order valence-electron chi connectivity index (χ1n) is 5.65. The highest BCUT2D eigenvalue weighted by Crippen LogP contribution is 2.36. The van der Waals surface area contributed by atoms with Crippen LogP contribution >= 0.6 is 54.5 Å². The van der Waals surface area contributed by atoms with Gasteiger partial charge in [0.1, 0.15) is 0 Å². The van der Waals surface area contributed by atoms with Crippen LogP contribution in [-0.2, 0) is 0 Å². The predicted octanol–water partition coefficient (Wildman–Crippen LogP) is 6.15. The lowest BCUT2D eigenvalue weighted by atomic mass is 9.99. The number of rotatable bonds is 2. The number of hydrogen-bond donors (Lipinski definition) is 0. The van der Waals surface area contributed by atoms with Gasteiger partial charge >= 0.3 is 0 Å². The van der Waals surface area contributed by atoms with Gasteiger partial charge in [0.05, 0.1) is 4.83 Å². The zero-order valence-corrected chi connectivity index (χ0v) is 15.5. The van der Waals surface area contributed by atoms with Crippen molar-refractivity contribution >= 4 is 54.5 Å². The SMILES string of the molecule is Cc1ccc(C(Br)c2cc(Br)ccc2I)c(C)c1. The zero-order chi connectivity index (χ0) is 13.3. The lowest BCUT2D eigenvalue weighted by Gasteiger charge is -2.16. The molecule has 0 aliphatic rings. The van der Waals surface area contributed by atoms with Gasteiger partial charge in [0.25, 0.3) is 0 Å².